The summed E-state index contributed by atoms with van der Waals surface area (Å²) in [7, 11) is 1.78. The van der Waals surface area contributed by atoms with Gasteiger partial charge in [-0.05, 0) is 20.0 Å². The van der Waals surface area contributed by atoms with Gasteiger partial charge in [-0.25, -0.2) is 4.98 Å². The van der Waals surface area contributed by atoms with Crippen molar-refractivity contribution in [2.24, 2.45) is 0 Å². The van der Waals surface area contributed by atoms with Gasteiger partial charge in [0, 0.05) is 0 Å². The van der Waals surface area contributed by atoms with E-state index in [1.165, 1.54) is 18.3 Å². The maximum absolute atomic E-state index is 10.5. The van der Waals surface area contributed by atoms with Crippen LogP contribution in [0.15, 0.2) is 27.2 Å². The van der Waals surface area contributed by atoms with Crippen molar-refractivity contribution in [2.45, 2.75) is 13.0 Å². The third-order valence-corrected chi connectivity index (χ3v) is 2.34. The summed E-state index contributed by atoms with van der Waals surface area (Å²) in [6.45, 7) is 1.89. The molecule has 0 saturated carbocycles. The zero-order valence-electron chi connectivity index (χ0n) is 9.34. The van der Waals surface area contributed by atoms with Gasteiger partial charge in [-0.15, -0.1) is 0 Å². The third kappa shape index (κ3) is 2.18. The van der Waals surface area contributed by atoms with E-state index in [9.17, 15) is 10.1 Å². The van der Waals surface area contributed by atoms with Crippen molar-refractivity contribution >= 4 is 5.88 Å². The van der Waals surface area contributed by atoms with Gasteiger partial charge in [0.05, 0.1) is 18.3 Å². The molecule has 7 heteroatoms. The molecule has 0 aliphatic carbocycles. The SMILES string of the molecule is CNC(C)c1ncc(-c2ccc([N+](=O)[O-])o2)o1. The molecule has 0 fully saturated rings. The molecule has 1 atom stereocenters. The van der Waals surface area contributed by atoms with E-state index >= 15 is 0 Å². The third-order valence-electron chi connectivity index (χ3n) is 2.34. The Morgan fingerprint density at radius 2 is 2.18 bits per heavy atom. The first-order valence-corrected chi connectivity index (χ1v) is 4.99. The molecule has 0 spiro atoms. The van der Waals surface area contributed by atoms with Gasteiger partial charge in [-0.2, -0.15) is 0 Å². The number of rotatable bonds is 4. The minimum Gasteiger partial charge on any atom is -0.436 e. The van der Waals surface area contributed by atoms with Crippen molar-refractivity contribution in [3.8, 4) is 11.5 Å². The molecule has 0 saturated heterocycles. The van der Waals surface area contributed by atoms with Gasteiger partial charge in [0.1, 0.15) is 4.92 Å². The smallest absolute Gasteiger partial charge is 0.433 e. The molecule has 17 heavy (non-hydrogen) atoms. The summed E-state index contributed by atoms with van der Waals surface area (Å²) in [5, 5.41) is 13.4. The average Bonchev–Trinajstić information content (AvgIpc) is 2.95. The number of hydrogen-bond donors (Lipinski definition) is 1. The molecule has 2 aromatic heterocycles. The molecule has 2 aromatic rings. The van der Waals surface area contributed by atoms with E-state index in [1.54, 1.807) is 7.05 Å². The molecule has 0 radical (unpaired) electrons. The number of nitrogens with one attached hydrogen (secondary N) is 1. The van der Waals surface area contributed by atoms with Crippen molar-refractivity contribution in [3.63, 3.8) is 0 Å². The second-order valence-corrected chi connectivity index (χ2v) is 3.47. The highest BCUT2D eigenvalue weighted by Crippen LogP contribution is 2.27. The van der Waals surface area contributed by atoms with Crippen molar-refractivity contribution in [1.29, 1.82) is 0 Å². The monoisotopic (exact) mass is 237 g/mol. The Balaban J connectivity index is 2.27. The van der Waals surface area contributed by atoms with E-state index in [-0.39, 0.29) is 11.9 Å². The summed E-state index contributed by atoms with van der Waals surface area (Å²) in [4.78, 5) is 13.9. The van der Waals surface area contributed by atoms with E-state index in [0.29, 0.717) is 17.4 Å². The Morgan fingerprint density at radius 3 is 2.76 bits per heavy atom. The normalized spacial score (nSPS) is 12.6. The lowest BCUT2D eigenvalue weighted by Crippen LogP contribution is -2.12. The van der Waals surface area contributed by atoms with E-state index < -0.39 is 4.92 Å². The van der Waals surface area contributed by atoms with Gasteiger partial charge >= 0.3 is 5.88 Å². The van der Waals surface area contributed by atoms with Crippen LogP contribution in [0.2, 0.25) is 0 Å². The number of nitro groups is 1. The van der Waals surface area contributed by atoms with Crippen molar-refractivity contribution < 1.29 is 13.8 Å². The fourth-order valence-electron chi connectivity index (χ4n) is 1.28. The summed E-state index contributed by atoms with van der Waals surface area (Å²) in [5.41, 5.74) is 0. The number of nitrogens with zero attached hydrogens (tertiary/aromatic N) is 2. The van der Waals surface area contributed by atoms with Gasteiger partial charge in [-0.1, -0.05) is 0 Å². The predicted molar refractivity (Wildman–Crippen MR) is 58.3 cm³/mol. The summed E-state index contributed by atoms with van der Waals surface area (Å²) in [6.07, 6.45) is 1.48. The van der Waals surface area contributed by atoms with E-state index in [2.05, 4.69) is 10.3 Å². The molecule has 0 bridgehead atoms. The quantitative estimate of drug-likeness (QED) is 0.646. The average molecular weight is 237 g/mol. The van der Waals surface area contributed by atoms with Gasteiger partial charge in [0.15, 0.2) is 11.5 Å². The first-order valence-electron chi connectivity index (χ1n) is 4.99. The highest BCUT2D eigenvalue weighted by molar-refractivity contribution is 5.50. The van der Waals surface area contributed by atoms with Crippen LogP contribution in [-0.2, 0) is 0 Å². The molecule has 0 aliphatic rings. The molecule has 0 amide bonds. The summed E-state index contributed by atoms with van der Waals surface area (Å²) >= 11 is 0. The lowest BCUT2D eigenvalue weighted by molar-refractivity contribution is -0.401. The largest absolute Gasteiger partial charge is 0.436 e. The number of oxazole rings is 1. The van der Waals surface area contributed by atoms with Crippen LogP contribution >= 0.6 is 0 Å². The van der Waals surface area contributed by atoms with Crippen LogP contribution in [0.4, 0.5) is 5.88 Å². The number of furan rings is 1. The molecule has 0 aliphatic heterocycles. The summed E-state index contributed by atoms with van der Waals surface area (Å²) < 4.78 is 10.4. The van der Waals surface area contributed by atoms with Crippen LogP contribution in [0.25, 0.3) is 11.5 Å². The molecular formula is C10H11N3O4. The fourth-order valence-corrected chi connectivity index (χ4v) is 1.28. The number of hydrogen-bond acceptors (Lipinski definition) is 6. The zero-order valence-corrected chi connectivity index (χ0v) is 9.34. The summed E-state index contributed by atoms with van der Waals surface area (Å²) in [6, 6.07) is 2.72. The molecule has 2 heterocycles. The molecule has 7 nitrogen and oxygen atoms in total. The van der Waals surface area contributed by atoms with Gasteiger partial charge < -0.3 is 14.2 Å². The van der Waals surface area contributed by atoms with E-state index in [1.807, 2.05) is 6.92 Å². The Kier molecular flexibility index (Phi) is 2.92. The van der Waals surface area contributed by atoms with Gasteiger partial charge in [0.2, 0.25) is 5.89 Å². The molecule has 1 N–H and O–H groups in total. The maximum atomic E-state index is 10.5. The Bertz CT molecular complexity index is 531. The lowest BCUT2D eigenvalue weighted by atomic mass is 10.3. The first kappa shape index (κ1) is 11.3. The van der Waals surface area contributed by atoms with Crippen molar-refractivity contribution in [3.05, 3.63) is 34.3 Å². The van der Waals surface area contributed by atoms with Crippen LogP contribution in [0.3, 0.4) is 0 Å². The maximum Gasteiger partial charge on any atom is 0.433 e. The van der Waals surface area contributed by atoms with Crippen LogP contribution in [0, 0.1) is 10.1 Å². The Hall–Kier alpha value is -2.15. The Labute approximate surface area is 96.6 Å². The highest BCUT2D eigenvalue weighted by Gasteiger charge is 2.17. The Morgan fingerprint density at radius 1 is 1.41 bits per heavy atom. The fraction of sp³-hybridized carbons (Fsp3) is 0.300. The van der Waals surface area contributed by atoms with Gasteiger partial charge in [0.25, 0.3) is 0 Å². The van der Waals surface area contributed by atoms with E-state index in [4.69, 9.17) is 8.83 Å². The second-order valence-electron chi connectivity index (χ2n) is 3.47. The molecular weight excluding hydrogens is 226 g/mol. The standard InChI is InChI=1S/C10H11N3O4/c1-6(11-2)10-12-5-8(17-10)7-3-4-9(16-7)13(14)15/h3-6,11H,1-2H3. The van der Waals surface area contributed by atoms with Crippen LogP contribution < -0.4 is 5.32 Å². The second kappa shape index (κ2) is 4.38. The van der Waals surface area contributed by atoms with Crippen LogP contribution in [-0.4, -0.2) is 17.0 Å². The molecule has 0 aromatic carbocycles. The van der Waals surface area contributed by atoms with Gasteiger partial charge in [-0.3, -0.25) is 10.1 Å². The van der Waals surface area contributed by atoms with E-state index in [0.717, 1.165) is 0 Å². The van der Waals surface area contributed by atoms with Crippen molar-refractivity contribution in [2.75, 3.05) is 7.05 Å². The lowest BCUT2D eigenvalue weighted by Gasteiger charge is -2.02. The molecule has 90 valence electrons. The topological polar surface area (TPSA) is 94.3 Å². The predicted octanol–water partition coefficient (Wildman–Crippen LogP) is 2.12. The van der Waals surface area contributed by atoms with Crippen molar-refractivity contribution in [1.82, 2.24) is 10.3 Å². The minimum atomic E-state index is -0.600. The summed E-state index contributed by atoms with van der Waals surface area (Å²) in [5.74, 6) is 0.843. The van der Waals surface area contributed by atoms with Crippen LogP contribution in [0.1, 0.15) is 18.9 Å². The first-order chi connectivity index (χ1) is 8.11. The minimum absolute atomic E-state index is 0.0336. The van der Waals surface area contributed by atoms with Crippen LogP contribution in [0.5, 0.6) is 0 Å². The number of aromatic nitrogens is 1. The molecule has 1 unspecified atom stereocenters. The molecule has 2 rings (SSSR count). The highest BCUT2D eigenvalue weighted by atomic mass is 16.6. The zero-order chi connectivity index (χ0) is 12.4.